The van der Waals surface area contributed by atoms with Crippen LogP contribution in [0.2, 0.25) is 0 Å². The Balaban J connectivity index is 1.94. The Morgan fingerprint density at radius 3 is 2.12 bits per heavy atom. The predicted octanol–water partition coefficient (Wildman–Crippen LogP) is 0.909. The topological polar surface area (TPSA) is 82.6 Å². The number of piperazine rings is 1. The summed E-state index contributed by atoms with van der Waals surface area (Å²) in [6.07, 6.45) is -3.68. The highest BCUT2D eigenvalue weighted by molar-refractivity contribution is 6.35. The summed E-state index contributed by atoms with van der Waals surface area (Å²) in [4.78, 5) is 42.1. The number of pyridine rings is 1. The fraction of sp³-hybridized carbons (Fsp3) is 0.500. The summed E-state index contributed by atoms with van der Waals surface area (Å²) in [5, 5.41) is 2.51. The van der Waals surface area contributed by atoms with Gasteiger partial charge in [-0.15, -0.1) is 0 Å². The first kappa shape index (κ1) is 19.7. The van der Waals surface area contributed by atoms with Gasteiger partial charge in [0.15, 0.2) is 0 Å². The molecule has 1 aromatic heterocycles. The Morgan fingerprint density at radius 1 is 1.08 bits per heavy atom. The molecule has 0 saturated carbocycles. The molecule has 0 atom stereocenters. The van der Waals surface area contributed by atoms with Crippen molar-refractivity contribution in [3.05, 3.63) is 29.6 Å². The van der Waals surface area contributed by atoms with Crippen molar-refractivity contribution in [1.29, 1.82) is 0 Å². The monoisotopic (exact) mass is 372 g/mol. The van der Waals surface area contributed by atoms with E-state index in [1.807, 2.05) is 0 Å². The molecule has 142 valence electrons. The molecule has 1 aliphatic heterocycles. The minimum absolute atomic E-state index is 0.0373. The first-order valence-corrected chi connectivity index (χ1v) is 8.02. The molecule has 0 aliphatic carbocycles. The van der Waals surface area contributed by atoms with E-state index in [2.05, 4.69) is 10.3 Å². The molecule has 1 fully saturated rings. The first-order valence-electron chi connectivity index (χ1n) is 8.02. The molecular weight excluding hydrogens is 353 g/mol. The SMILES string of the molecule is CC(C)NC(=O)C(=O)N1CCN(C(=O)c2ccc(C(F)(F)F)nc2)CC1. The zero-order valence-corrected chi connectivity index (χ0v) is 14.3. The van der Waals surface area contributed by atoms with Crippen molar-refractivity contribution in [1.82, 2.24) is 20.1 Å². The second-order valence-corrected chi connectivity index (χ2v) is 6.14. The van der Waals surface area contributed by atoms with Crippen LogP contribution in [0.4, 0.5) is 13.2 Å². The van der Waals surface area contributed by atoms with Crippen molar-refractivity contribution in [2.45, 2.75) is 26.1 Å². The quantitative estimate of drug-likeness (QED) is 0.783. The molecule has 1 aliphatic rings. The van der Waals surface area contributed by atoms with Gasteiger partial charge < -0.3 is 15.1 Å². The summed E-state index contributed by atoms with van der Waals surface area (Å²) < 4.78 is 37.5. The molecule has 7 nitrogen and oxygen atoms in total. The van der Waals surface area contributed by atoms with Gasteiger partial charge in [-0.2, -0.15) is 13.2 Å². The Kier molecular flexibility index (Phi) is 5.83. The van der Waals surface area contributed by atoms with Crippen molar-refractivity contribution in [3.63, 3.8) is 0 Å². The van der Waals surface area contributed by atoms with Gasteiger partial charge in [0.2, 0.25) is 0 Å². The lowest BCUT2D eigenvalue weighted by Crippen LogP contribution is -2.54. The van der Waals surface area contributed by atoms with Gasteiger partial charge in [-0.1, -0.05) is 0 Å². The largest absolute Gasteiger partial charge is 0.433 e. The minimum Gasteiger partial charge on any atom is -0.346 e. The second kappa shape index (κ2) is 7.71. The number of carbonyl (C=O) groups is 3. The normalized spacial score (nSPS) is 15.2. The fourth-order valence-corrected chi connectivity index (χ4v) is 2.45. The first-order chi connectivity index (χ1) is 12.1. The van der Waals surface area contributed by atoms with Crippen molar-refractivity contribution in [3.8, 4) is 0 Å². The Labute approximate surface area is 148 Å². The van der Waals surface area contributed by atoms with Crippen LogP contribution in [0.5, 0.6) is 0 Å². The van der Waals surface area contributed by atoms with E-state index in [0.29, 0.717) is 0 Å². The maximum absolute atomic E-state index is 12.5. The highest BCUT2D eigenvalue weighted by Crippen LogP contribution is 2.27. The lowest BCUT2D eigenvalue weighted by atomic mass is 10.2. The molecule has 10 heteroatoms. The average molecular weight is 372 g/mol. The second-order valence-electron chi connectivity index (χ2n) is 6.14. The fourth-order valence-electron chi connectivity index (χ4n) is 2.45. The maximum Gasteiger partial charge on any atom is 0.433 e. The Hall–Kier alpha value is -2.65. The number of halogens is 3. The Morgan fingerprint density at radius 2 is 1.65 bits per heavy atom. The number of amides is 3. The van der Waals surface area contributed by atoms with Gasteiger partial charge in [0, 0.05) is 38.4 Å². The molecule has 1 aromatic rings. The van der Waals surface area contributed by atoms with Crippen LogP contribution < -0.4 is 5.32 Å². The van der Waals surface area contributed by atoms with Gasteiger partial charge in [-0.3, -0.25) is 19.4 Å². The van der Waals surface area contributed by atoms with Gasteiger partial charge in [0.1, 0.15) is 5.69 Å². The number of hydrogen-bond acceptors (Lipinski definition) is 4. The summed E-state index contributed by atoms with van der Waals surface area (Å²) in [7, 11) is 0. The van der Waals surface area contributed by atoms with E-state index in [-0.39, 0.29) is 37.8 Å². The van der Waals surface area contributed by atoms with Gasteiger partial charge in [-0.05, 0) is 26.0 Å². The molecule has 26 heavy (non-hydrogen) atoms. The maximum atomic E-state index is 12.5. The molecule has 0 aromatic carbocycles. The van der Waals surface area contributed by atoms with Crippen LogP contribution in [0.15, 0.2) is 18.3 Å². The van der Waals surface area contributed by atoms with Crippen LogP contribution in [0.1, 0.15) is 29.9 Å². The third kappa shape index (κ3) is 4.70. The van der Waals surface area contributed by atoms with Gasteiger partial charge in [0.25, 0.3) is 5.91 Å². The van der Waals surface area contributed by atoms with Crippen molar-refractivity contribution < 1.29 is 27.6 Å². The third-order valence-corrected chi connectivity index (χ3v) is 3.77. The van der Waals surface area contributed by atoms with E-state index in [1.54, 1.807) is 13.8 Å². The number of nitrogens with zero attached hydrogens (tertiary/aromatic N) is 3. The molecule has 0 unspecified atom stereocenters. The van der Waals surface area contributed by atoms with Gasteiger partial charge in [-0.25, -0.2) is 0 Å². The van der Waals surface area contributed by atoms with Gasteiger partial charge >= 0.3 is 18.0 Å². The van der Waals surface area contributed by atoms with Crippen molar-refractivity contribution >= 4 is 17.7 Å². The van der Waals surface area contributed by atoms with Crippen LogP contribution in [0.25, 0.3) is 0 Å². The van der Waals surface area contributed by atoms with Gasteiger partial charge in [0.05, 0.1) is 5.56 Å². The summed E-state index contributed by atoms with van der Waals surface area (Å²) >= 11 is 0. The molecule has 0 radical (unpaired) electrons. The molecular formula is C16H19F3N4O3. The molecule has 1 N–H and O–H groups in total. The van der Waals surface area contributed by atoms with E-state index < -0.39 is 29.6 Å². The summed E-state index contributed by atoms with van der Waals surface area (Å²) in [5.41, 5.74) is -1.03. The molecule has 0 spiro atoms. The zero-order valence-electron chi connectivity index (χ0n) is 14.3. The standard InChI is InChI=1S/C16H19F3N4O3/c1-10(2)21-13(24)15(26)23-7-5-22(6-8-23)14(25)11-3-4-12(20-9-11)16(17,18)19/h3-4,9-10H,5-8H2,1-2H3,(H,21,24). The van der Waals surface area contributed by atoms with E-state index in [9.17, 15) is 27.6 Å². The lowest BCUT2D eigenvalue weighted by molar-refractivity contribution is -0.147. The molecule has 0 bridgehead atoms. The van der Waals surface area contributed by atoms with Crippen LogP contribution in [-0.2, 0) is 15.8 Å². The minimum atomic E-state index is -4.57. The Bertz CT molecular complexity index is 681. The average Bonchev–Trinajstić information content (AvgIpc) is 2.59. The predicted molar refractivity (Wildman–Crippen MR) is 85.0 cm³/mol. The highest BCUT2D eigenvalue weighted by atomic mass is 19.4. The molecule has 2 heterocycles. The number of rotatable bonds is 2. The van der Waals surface area contributed by atoms with Crippen LogP contribution in [-0.4, -0.2) is 64.7 Å². The third-order valence-electron chi connectivity index (χ3n) is 3.77. The van der Waals surface area contributed by atoms with Crippen molar-refractivity contribution in [2.24, 2.45) is 0 Å². The van der Waals surface area contributed by atoms with E-state index in [1.165, 1.54) is 9.80 Å². The highest BCUT2D eigenvalue weighted by Gasteiger charge is 2.33. The molecule has 3 amide bonds. The lowest BCUT2D eigenvalue weighted by Gasteiger charge is -2.34. The van der Waals surface area contributed by atoms with E-state index >= 15 is 0 Å². The molecule has 1 saturated heterocycles. The summed E-state index contributed by atoms with van der Waals surface area (Å²) in [6, 6.07) is 1.66. The number of carbonyl (C=O) groups excluding carboxylic acids is 3. The number of hydrogen-bond donors (Lipinski definition) is 1. The van der Waals surface area contributed by atoms with Crippen molar-refractivity contribution in [2.75, 3.05) is 26.2 Å². The molecule has 2 rings (SSSR count). The van der Waals surface area contributed by atoms with E-state index in [0.717, 1.165) is 18.3 Å². The smallest absolute Gasteiger partial charge is 0.346 e. The summed E-state index contributed by atoms with van der Waals surface area (Å²) in [6.45, 7) is 4.18. The van der Waals surface area contributed by atoms with E-state index in [4.69, 9.17) is 0 Å². The summed E-state index contributed by atoms with van der Waals surface area (Å²) in [5.74, 6) is -1.83. The van der Waals surface area contributed by atoms with Crippen LogP contribution in [0.3, 0.4) is 0 Å². The number of alkyl halides is 3. The van der Waals surface area contributed by atoms with Crippen LogP contribution in [0, 0.1) is 0 Å². The number of aromatic nitrogens is 1. The number of nitrogens with one attached hydrogen (secondary N) is 1. The van der Waals surface area contributed by atoms with Crippen LogP contribution >= 0.6 is 0 Å². The zero-order chi connectivity index (χ0) is 19.5.